The third-order valence-corrected chi connectivity index (χ3v) is 4.38. The number of para-hydroxylation sites is 2. The fourth-order valence-corrected chi connectivity index (χ4v) is 2.94. The molecule has 2 aromatic carbocycles. The fraction of sp³-hybridized carbons (Fsp3) is 0.350. The Labute approximate surface area is 160 Å². The first-order chi connectivity index (χ1) is 12.2. The van der Waals surface area contributed by atoms with Crippen LogP contribution in [0, 0.1) is 0 Å². The summed E-state index contributed by atoms with van der Waals surface area (Å²) in [7, 11) is 0. The molecule has 1 aliphatic heterocycles. The van der Waals surface area contributed by atoms with Crippen molar-refractivity contribution in [2.75, 3.05) is 11.9 Å². The van der Waals surface area contributed by atoms with Crippen LogP contribution in [0.5, 0.6) is 5.75 Å². The van der Waals surface area contributed by atoms with Crippen LogP contribution in [-0.2, 0) is 9.53 Å². The van der Waals surface area contributed by atoms with Crippen LogP contribution < -0.4 is 15.8 Å². The molecule has 0 saturated carbocycles. The Bertz CT molecular complexity index is 711. The van der Waals surface area contributed by atoms with Gasteiger partial charge in [-0.3, -0.25) is 4.79 Å². The molecule has 1 fully saturated rings. The highest BCUT2D eigenvalue weighted by molar-refractivity contribution is 5.95. The Morgan fingerprint density at radius 1 is 1.19 bits per heavy atom. The quantitative estimate of drug-likeness (QED) is 0.806. The van der Waals surface area contributed by atoms with Gasteiger partial charge in [-0.1, -0.05) is 42.5 Å². The van der Waals surface area contributed by atoms with Gasteiger partial charge in [0.1, 0.15) is 18.0 Å². The summed E-state index contributed by atoms with van der Waals surface area (Å²) in [6.45, 7) is 2.43. The first-order valence-electron chi connectivity index (χ1n) is 8.64. The molecule has 6 heteroatoms. The number of amides is 1. The second-order valence-electron chi connectivity index (χ2n) is 6.22. The molecule has 0 aliphatic carbocycles. The van der Waals surface area contributed by atoms with Gasteiger partial charge in [0.15, 0.2) is 0 Å². The van der Waals surface area contributed by atoms with Crippen molar-refractivity contribution in [2.24, 2.45) is 5.73 Å². The summed E-state index contributed by atoms with van der Waals surface area (Å²) in [5.41, 5.74) is 7.33. The van der Waals surface area contributed by atoms with Gasteiger partial charge in [-0.2, -0.15) is 0 Å². The number of nitrogens with two attached hydrogens (primary N) is 1. The minimum Gasteiger partial charge on any atom is -0.484 e. The number of nitrogens with one attached hydrogen (secondary N) is 1. The van der Waals surface area contributed by atoms with E-state index in [0.717, 1.165) is 12.0 Å². The minimum absolute atomic E-state index is 0. The molecule has 3 atom stereocenters. The standard InChI is InChI=1S/C20H24N2O3.ClH/c1-14(15-7-3-2-4-8-15)24-18-10-6-5-9-17(18)22-20(23)19-12-11-16(13-21)25-19;/h2-10,14,16,19H,11-13,21H2,1H3,(H,22,23);1H/t14?,16-,19+;/m1./s1. The third-order valence-electron chi connectivity index (χ3n) is 4.38. The number of benzene rings is 2. The Hall–Kier alpha value is -2.08. The predicted octanol–water partition coefficient (Wildman–Crippen LogP) is 3.69. The summed E-state index contributed by atoms with van der Waals surface area (Å²) in [5.74, 6) is 0.486. The summed E-state index contributed by atoms with van der Waals surface area (Å²) >= 11 is 0. The van der Waals surface area contributed by atoms with E-state index in [2.05, 4.69) is 5.32 Å². The number of carbonyl (C=O) groups excluding carboxylic acids is 1. The Morgan fingerprint density at radius 3 is 2.58 bits per heavy atom. The molecule has 2 aromatic rings. The molecule has 1 aliphatic rings. The van der Waals surface area contributed by atoms with Gasteiger partial charge in [-0.25, -0.2) is 0 Å². The molecule has 140 valence electrons. The van der Waals surface area contributed by atoms with Gasteiger partial charge in [-0.05, 0) is 37.5 Å². The highest BCUT2D eigenvalue weighted by Crippen LogP contribution is 2.30. The van der Waals surface area contributed by atoms with Crippen LogP contribution in [0.1, 0.15) is 31.4 Å². The molecule has 0 aromatic heterocycles. The molecule has 0 bridgehead atoms. The largest absolute Gasteiger partial charge is 0.484 e. The van der Waals surface area contributed by atoms with E-state index in [-0.39, 0.29) is 30.5 Å². The third kappa shape index (κ3) is 4.97. The number of carbonyl (C=O) groups is 1. The molecule has 5 nitrogen and oxygen atoms in total. The van der Waals surface area contributed by atoms with Crippen molar-refractivity contribution >= 4 is 24.0 Å². The van der Waals surface area contributed by atoms with Gasteiger partial charge in [0, 0.05) is 6.54 Å². The van der Waals surface area contributed by atoms with Crippen LogP contribution in [0.15, 0.2) is 54.6 Å². The van der Waals surface area contributed by atoms with Crippen molar-refractivity contribution in [3.63, 3.8) is 0 Å². The molecule has 3 rings (SSSR count). The number of hydrogen-bond donors (Lipinski definition) is 2. The van der Waals surface area contributed by atoms with Gasteiger partial charge >= 0.3 is 0 Å². The fourth-order valence-electron chi connectivity index (χ4n) is 2.94. The van der Waals surface area contributed by atoms with Crippen LogP contribution in [0.4, 0.5) is 5.69 Å². The molecule has 0 radical (unpaired) electrons. The van der Waals surface area contributed by atoms with Crippen LogP contribution in [0.3, 0.4) is 0 Å². The maximum Gasteiger partial charge on any atom is 0.253 e. The van der Waals surface area contributed by atoms with Gasteiger partial charge in [0.05, 0.1) is 11.8 Å². The number of ether oxygens (including phenoxy) is 2. The maximum absolute atomic E-state index is 12.5. The summed E-state index contributed by atoms with van der Waals surface area (Å²) < 4.78 is 11.7. The molecule has 0 spiro atoms. The van der Waals surface area contributed by atoms with E-state index in [0.29, 0.717) is 24.4 Å². The molecule has 26 heavy (non-hydrogen) atoms. The zero-order valence-corrected chi connectivity index (χ0v) is 15.6. The molecular formula is C20H25ClN2O3. The zero-order valence-electron chi connectivity index (χ0n) is 14.8. The second kappa shape index (κ2) is 9.57. The lowest BCUT2D eigenvalue weighted by atomic mass is 10.1. The Balaban J connectivity index is 0.00000243. The lowest BCUT2D eigenvalue weighted by molar-refractivity contribution is -0.126. The lowest BCUT2D eigenvalue weighted by Crippen LogP contribution is -2.30. The van der Waals surface area contributed by atoms with Crippen molar-refractivity contribution in [3.05, 3.63) is 60.2 Å². The van der Waals surface area contributed by atoms with Crippen molar-refractivity contribution < 1.29 is 14.3 Å². The molecule has 3 N–H and O–H groups in total. The lowest BCUT2D eigenvalue weighted by Gasteiger charge is -2.19. The zero-order chi connectivity index (χ0) is 17.6. The van der Waals surface area contributed by atoms with Crippen molar-refractivity contribution in [2.45, 2.75) is 38.1 Å². The Morgan fingerprint density at radius 2 is 1.88 bits per heavy atom. The van der Waals surface area contributed by atoms with E-state index in [4.69, 9.17) is 15.2 Å². The number of halogens is 1. The predicted molar refractivity (Wildman–Crippen MR) is 105 cm³/mol. The topological polar surface area (TPSA) is 73.6 Å². The summed E-state index contributed by atoms with van der Waals surface area (Å²) in [4.78, 5) is 12.5. The van der Waals surface area contributed by atoms with Crippen LogP contribution >= 0.6 is 12.4 Å². The van der Waals surface area contributed by atoms with Gasteiger partial charge in [0.25, 0.3) is 5.91 Å². The molecule has 1 heterocycles. The van der Waals surface area contributed by atoms with E-state index in [1.54, 1.807) is 0 Å². The molecule has 1 unspecified atom stereocenters. The van der Waals surface area contributed by atoms with Gasteiger partial charge in [0.2, 0.25) is 0 Å². The average Bonchev–Trinajstić information content (AvgIpc) is 3.13. The molecule has 1 amide bonds. The minimum atomic E-state index is -0.451. The number of hydrogen-bond acceptors (Lipinski definition) is 4. The van der Waals surface area contributed by atoms with Crippen molar-refractivity contribution in [1.82, 2.24) is 0 Å². The van der Waals surface area contributed by atoms with E-state index in [1.165, 1.54) is 0 Å². The maximum atomic E-state index is 12.5. The van der Waals surface area contributed by atoms with E-state index in [9.17, 15) is 4.79 Å². The highest BCUT2D eigenvalue weighted by atomic mass is 35.5. The van der Waals surface area contributed by atoms with E-state index >= 15 is 0 Å². The van der Waals surface area contributed by atoms with Gasteiger partial charge in [-0.15, -0.1) is 12.4 Å². The summed E-state index contributed by atoms with van der Waals surface area (Å²) in [5, 5.41) is 2.92. The normalized spacial score (nSPS) is 20.1. The van der Waals surface area contributed by atoms with Crippen molar-refractivity contribution in [1.29, 1.82) is 0 Å². The van der Waals surface area contributed by atoms with Crippen LogP contribution in [0.25, 0.3) is 0 Å². The second-order valence-corrected chi connectivity index (χ2v) is 6.22. The van der Waals surface area contributed by atoms with E-state index in [1.807, 2.05) is 61.5 Å². The number of rotatable bonds is 6. The highest BCUT2D eigenvalue weighted by Gasteiger charge is 2.30. The summed E-state index contributed by atoms with van der Waals surface area (Å²) in [6, 6.07) is 17.4. The van der Waals surface area contributed by atoms with Crippen LogP contribution in [0.2, 0.25) is 0 Å². The SMILES string of the molecule is CC(Oc1ccccc1NC(=O)[C@@H]1CC[C@H](CN)O1)c1ccccc1.Cl. The van der Waals surface area contributed by atoms with Crippen molar-refractivity contribution in [3.8, 4) is 5.75 Å². The molecular weight excluding hydrogens is 352 g/mol. The average molecular weight is 377 g/mol. The van der Waals surface area contributed by atoms with E-state index < -0.39 is 6.10 Å². The monoisotopic (exact) mass is 376 g/mol. The number of anilines is 1. The first kappa shape index (κ1) is 20.2. The molecule has 1 saturated heterocycles. The smallest absolute Gasteiger partial charge is 0.253 e. The summed E-state index contributed by atoms with van der Waals surface area (Å²) in [6.07, 6.45) is 0.909. The Kier molecular flexibility index (Phi) is 7.45. The van der Waals surface area contributed by atoms with Crippen LogP contribution in [-0.4, -0.2) is 24.7 Å². The van der Waals surface area contributed by atoms with Gasteiger partial charge < -0.3 is 20.5 Å². The first-order valence-corrected chi connectivity index (χ1v) is 8.64.